The summed E-state index contributed by atoms with van der Waals surface area (Å²) >= 11 is 0. The van der Waals surface area contributed by atoms with Gasteiger partial charge in [-0.2, -0.15) is 0 Å². The van der Waals surface area contributed by atoms with E-state index in [1.54, 1.807) is 0 Å². The SMILES string of the molecule is CCc1nccn1CCN1C[C@H](O)[C@@H](N2CCCCC2)C1. The quantitative estimate of drug-likeness (QED) is 0.878. The van der Waals surface area contributed by atoms with Gasteiger partial charge in [-0.15, -0.1) is 0 Å². The highest BCUT2D eigenvalue weighted by Gasteiger charge is 2.35. The van der Waals surface area contributed by atoms with Gasteiger partial charge in [0, 0.05) is 51.0 Å². The predicted molar refractivity (Wildman–Crippen MR) is 83.3 cm³/mol. The lowest BCUT2D eigenvalue weighted by molar-refractivity contribution is 0.0706. The van der Waals surface area contributed by atoms with E-state index < -0.39 is 0 Å². The monoisotopic (exact) mass is 292 g/mol. The Morgan fingerprint density at radius 1 is 1.19 bits per heavy atom. The molecule has 0 aromatic carbocycles. The van der Waals surface area contributed by atoms with Gasteiger partial charge in [0.1, 0.15) is 5.82 Å². The minimum atomic E-state index is -0.184. The summed E-state index contributed by atoms with van der Waals surface area (Å²) in [7, 11) is 0. The molecular formula is C16H28N4O. The number of aromatic nitrogens is 2. The molecule has 118 valence electrons. The molecule has 1 N–H and O–H groups in total. The number of aliphatic hydroxyl groups is 1. The van der Waals surface area contributed by atoms with Crippen molar-refractivity contribution in [3.05, 3.63) is 18.2 Å². The van der Waals surface area contributed by atoms with E-state index in [-0.39, 0.29) is 6.10 Å². The van der Waals surface area contributed by atoms with Gasteiger partial charge in [-0.1, -0.05) is 13.3 Å². The summed E-state index contributed by atoms with van der Waals surface area (Å²) in [6.45, 7) is 8.28. The highest BCUT2D eigenvalue weighted by atomic mass is 16.3. The Bertz CT molecular complexity index is 441. The Morgan fingerprint density at radius 3 is 2.76 bits per heavy atom. The fourth-order valence-corrected chi connectivity index (χ4v) is 3.75. The van der Waals surface area contributed by atoms with Gasteiger partial charge in [0.15, 0.2) is 0 Å². The molecule has 0 aliphatic carbocycles. The van der Waals surface area contributed by atoms with Gasteiger partial charge >= 0.3 is 0 Å². The second kappa shape index (κ2) is 6.90. The molecule has 0 bridgehead atoms. The van der Waals surface area contributed by atoms with Gasteiger partial charge < -0.3 is 9.67 Å². The van der Waals surface area contributed by atoms with Crippen LogP contribution in [0.5, 0.6) is 0 Å². The zero-order valence-electron chi connectivity index (χ0n) is 13.1. The molecule has 1 aromatic heterocycles. The zero-order valence-corrected chi connectivity index (χ0v) is 13.1. The summed E-state index contributed by atoms with van der Waals surface area (Å²) in [6, 6.07) is 0.346. The van der Waals surface area contributed by atoms with Crippen molar-refractivity contribution in [2.24, 2.45) is 0 Å². The molecule has 2 aliphatic rings. The van der Waals surface area contributed by atoms with Gasteiger partial charge in [-0.3, -0.25) is 9.80 Å². The van der Waals surface area contributed by atoms with Crippen molar-refractivity contribution in [3.63, 3.8) is 0 Å². The maximum Gasteiger partial charge on any atom is 0.108 e. The van der Waals surface area contributed by atoms with E-state index in [2.05, 4.69) is 32.5 Å². The van der Waals surface area contributed by atoms with Crippen molar-refractivity contribution < 1.29 is 5.11 Å². The van der Waals surface area contributed by atoms with Crippen LogP contribution >= 0.6 is 0 Å². The predicted octanol–water partition coefficient (Wildman–Crippen LogP) is 0.976. The van der Waals surface area contributed by atoms with Gasteiger partial charge in [-0.05, 0) is 25.9 Å². The van der Waals surface area contributed by atoms with Crippen molar-refractivity contribution in [1.29, 1.82) is 0 Å². The molecule has 0 amide bonds. The first-order valence-corrected chi connectivity index (χ1v) is 8.42. The lowest BCUT2D eigenvalue weighted by Gasteiger charge is -2.33. The molecule has 2 fully saturated rings. The largest absolute Gasteiger partial charge is 0.390 e. The van der Waals surface area contributed by atoms with Gasteiger partial charge in [-0.25, -0.2) is 4.98 Å². The Balaban J connectivity index is 1.51. The zero-order chi connectivity index (χ0) is 14.7. The normalized spacial score (nSPS) is 28.3. The molecule has 1 aromatic rings. The van der Waals surface area contributed by atoms with Crippen molar-refractivity contribution in [2.45, 2.75) is 51.3 Å². The van der Waals surface area contributed by atoms with Crippen LogP contribution in [0.15, 0.2) is 12.4 Å². The van der Waals surface area contributed by atoms with E-state index in [9.17, 15) is 5.11 Å². The first kappa shape index (κ1) is 15.0. The summed E-state index contributed by atoms with van der Waals surface area (Å²) in [5.41, 5.74) is 0. The molecular weight excluding hydrogens is 264 g/mol. The Hall–Kier alpha value is -0.910. The molecule has 3 rings (SSSR count). The molecule has 0 spiro atoms. The smallest absolute Gasteiger partial charge is 0.108 e. The molecule has 5 heteroatoms. The first-order chi connectivity index (χ1) is 10.3. The lowest BCUT2D eigenvalue weighted by Crippen LogP contribution is -2.45. The number of nitrogens with zero attached hydrogens (tertiary/aromatic N) is 4. The van der Waals surface area contributed by atoms with E-state index in [1.165, 1.54) is 19.3 Å². The molecule has 2 aliphatic heterocycles. The van der Waals surface area contributed by atoms with Gasteiger partial charge in [0.25, 0.3) is 0 Å². The number of β-amino-alcohol motifs (C(OH)–C–C–N with tert-alkyl or cyclic N) is 1. The molecule has 5 nitrogen and oxygen atoms in total. The van der Waals surface area contributed by atoms with Crippen LogP contribution in [0.1, 0.15) is 32.0 Å². The fraction of sp³-hybridized carbons (Fsp3) is 0.812. The molecule has 0 unspecified atom stereocenters. The number of hydrogen-bond donors (Lipinski definition) is 1. The second-order valence-corrected chi connectivity index (χ2v) is 6.38. The Labute approximate surface area is 127 Å². The van der Waals surface area contributed by atoms with Gasteiger partial charge in [0.2, 0.25) is 0 Å². The highest BCUT2D eigenvalue weighted by molar-refractivity contribution is 4.94. The summed E-state index contributed by atoms with van der Waals surface area (Å²) in [6.07, 6.45) is 8.67. The third-order valence-electron chi connectivity index (χ3n) is 4.97. The summed E-state index contributed by atoms with van der Waals surface area (Å²) in [4.78, 5) is 9.28. The topological polar surface area (TPSA) is 44.5 Å². The Morgan fingerprint density at radius 2 is 2.00 bits per heavy atom. The summed E-state index contributed by atoms with van der Waals surface area (Å²) in [5.74, 6) is 1.15. The van der Waals surface area contributed by atoms with Crippen LogP contribution in [0.25, 0.3) is 0 Å². The molecule has 0 radical (unpaired) electrons. The molecule has 0 saturated carbocycles. The number of aryl methyl sites for hydroxylation is 1. The highest BCUT2D eigenvalue weighted by Crippen LogP contribution is 2.20. The number of aliphatic hydroxyl groups excluding tert-OH is 1. The Kier molecular flexibility index (Phi) is 4.93. The maximum absolute atomic E-state index is 10.4. The average molecular weight is 292 g/mol. The summed E-state index contributed by atoms with van der Waals surface area (Å²) in [5, 5.41) is 10.4. The van der Waals surface area contributed by atoms with Crippen LogP contribution < -0.4 is 0 Å². The molecule has 2 saturated heterocycles. The lowest BCUT2D eigenvalue weighted by atomic mass is 10.1. The molecule has 2 atom stereocenters. The van der Waals surface area contributed by atoms with Crippen LogP contribution in [0.3, 0.4) is 0 Å². The van der Waals surface area contributed by atoms with E-state index in [1.807, 2.05) is 6.20 Å². The number of likely N-dealkylation sites (tertiary alicyclic amines) is 2. The van der Waals surface area contributed by atoms with Crippen LogP contribution in [0.4, 0.5) is 0 Å². The van der Waals surface area contributed by atoms with Crippen molar-refractivity contribution in [2.75, 3.05) is 32.7 Å². The van der Waals surface area contributed by atoms with E-state index >= 15 is 0 Å². The number of piperidine rings is 1. The first-order valence-electron chi connectivity index (χ1n) is 8.42. The second-order valence-electron chi connectivity index (χ2n) is 6.38. The number of hydrogen-bond acceptors (Lipinski definition) is 4. The number of rotatable bonds is 5. The van der Waals surface area contributed by atoms with Crippen LogP contribution in [0, 0.1) is 0 Å². The number of imidazole rings is 1. The van der Waals surface area contributed by atoms with Crippen LogP contribution in [-0.2, 0) is 13.0 Å². The van der Waals surface area contributed by atoms with Crippen LogP contribution in [0.2, 0.25) is 0 Å². The van der Waals surface area contributed by atoms with Crippen molar-refractivity contribution >= 4 is 0 Å². The van der Waals surface area contributed by atoms with Gasteiger partial charge in [0.05, 0.1) is 6.10 Å². The van der Waals surface area contributed by atoms with Crippen molar-refractivity contribution in [3.8, 4) is 0 Å². The third kappa shape index (κ3) is 3.47. The molecule has 21 heavy (non-hydrogen) atoms. The van der Waals surface area contributed by atoms with Crippen LogP contribution in [-0.4, -0.2) is 69.3 Å². The van der Waals surface area contributed by atoms with E-state index in [0.717, 1.165) is 51.5 Å². The van der Waals surface area contributed by atoms with E-state index in [4.69, 9.17) is 0 Å². The minimum Gasteiger partial charge on any atom is -0.390 e. The van der Waals surface area contributed by atoms with E-state index in [0.29, 0.717) is 6.04 Å². The minimum absolute atomic E-state index is 0.184. The summed E-state index contributed by atoms with van der Waals surface area (Å²) < 4.78 is 2.24. The molecule has 3 heterocycles. The third-order valence-corrected chi connectivity index (χ3v) is 4.97. The standard InChI is InChI=1S/C16H28N4O/c1-2-16-17-6-9-20(16)11-10-18-12-14(15(21)13-18)19-7-4-3-5-8-19/h6,9,14-15,21H,2-5,7-8,10-13H2,1H3/t14-,15-/m0/s1. The van der Waals surface area contributed by atoms with Crippen molar-refractivity contribution in [1.82, 2.24) is 19.4 Å². The average Bonchev–Trinajstić information content (AvgIpc) is 3.12. The maximum atomic E-state index is 10.4. The fourth-order valence-electron chi connectivity index (χ4n) is 3.75.